The predicted molar refractivity (Wildman–Crippen MR) is 89.3 cm³/mol. The molecule has 0 aromatic heterocycles. The van der Waals surface area contributed by atoms with Gasteiger partial charge in [0.05, 0.1) is 0 Å². The Bertz CT molecular complexity index is 738. The zero-order chi connectivity index (χ0) is 19.8. The number of likely N-dealkylation sites (tertiary alicyclic amines) is 1. The average Bonchev–Trinajstić information content (AvgIpc) is 3.27. The molecule has 2 amide bonds. The van der Waals surface area contributed by atoms with Gasteiger partial charge in [0, 0.05) is 19.6 Å². The van der Waals surface area contributed by atoms with Crippen LogP contribution in [0.2, 0.25) is 0 Å². The molecule has 0 spiro atoms. The van der Waals surface area contributed by atoms with Crippen LogP contribution in [0, 0.1) is 0 Å². The number of amides is 2. The minimum atomic E-state index is -4.97. The second-order valence-electron chi connectivity index (χ2n) is 6.84. The maximum Gasteiger partial charge on any atom is 0.471 e. The van der Waals surface area contributed by atoms with Crippen LogP contribution in [0.5, 0.6) is 11.5 Å². The number of ether oxygens (including phenoxy) is 2. The fourth-order valence-electron chi connectivity index (χ4n) is 3.43. The Kier molecular flexibility index (Phi) is 5.21. The third-order valence-electron chi connectivity index (χ3n) is 5.02. The van der Waals surface area contributed by atoms with E-state index in [4.69, 9.17) is 9.47 Å². The second-order valence-corrected chi connectivity index (χ2v) is 6.84. The SMILES string of the molecule is CC(Cc1ccc2c(c1)OCO2)N(C)C(=O)C1CCCN1C(=O)C(F)(F)F. The molecule has 0 radical (unpaired) electrons. The van der Waals surface area contributed by atoms with E-state index in [2.05, 4.69) is 0 Å². The van der Waals surface area contributed by atoms with Gasteiger partial charge in [-0.05, 0) is 43.9 Å². The molecule has 0 N–H and O–H groups in total. The number of hydrogen-bond acceptors (Lipinski definition) is 4. The van der Waals surface area contributed by atoms with Gasteiger partial charge < -0.3 is 19.3 Å². The quantitative estimate of drug-likeness (QED) is 0.797. The van der Waals surface area contributed by atoms with E-state index in [0.29, 0.717) is 29.2 Å². The van der Waals surface area contributed by atoms with Gasteiger partial charge in [-0.2, -0.15) is 13.2 Å². The fraction of sp³-hybridized carbons (Fsp3) is 0.556. The van der Waals surface area contributed by atoms with Crippen molar-refractivity contribution in [1.82, 2.24) is 9.80 Å². The second kappa shape index (κ2) is 7.28. The molecular formula is C18H21F3N2O4. The largest absolute Gasteiger partial charge is 0.471 e. The number of carbonyl (C=O) groups excluding carboxylic acids is 2. The van der Waals surface area contributed by atoms with Crippen LogP contribution in [0.15, 0.2) is 18.2 Å². The van der Waals surface area contributed by atoms with Gasteiger partial charge in [0.25, 0.3) is 0 Å². The van der Waals surface area contributed by atoms with Crippen LogP contribution in [-0.2, 0) is 16.0 Å². The molecule has 0 aliphatic carbocycles. The van der Waals surface area contributed by atoms with E-state index in [-0.39, 0.29) is 25.8 Å². The minimum Gasteiger partial charge on any atom is -0.454 e. The van der Waals surface area contributed by atoms with Gasteiger partial charge in [0.2, 0.25) is 12.7 Å². The summed E-state index contributed by atoms with van der Waals surface area (Å²) < 4.78 is 48.9. The zero-order valence-corrected chi connectivity index (χ0v) is 15.1. The van der Waals surface area contributed by atoms with Crippen molar-refractivity contribution in [2.45, 2.75) is 44.4 Å². The molecule has 27 heavy (non-hydrogen) atoms. The number of rotatable bonds is 4. The first-order valence-corrected chi connectivity index (χ1v) is 8.71. The molecule has 1 fully saturated rings. The maximum atomic E-state index is 12.8. The lowest BCUT2D eigenvalue weighted by molar-refractivity contribution is -0.187. The standard InChI is InChI=1S/C18H21F3N2O4/c1-11(8-12-5-6-14-15(9-12)27-10-26-14)22(2)16(24)13-4-3-7-23(13)17(25)18(19,20)21/h5-6,9,11,13H,3-4,7-8,10H2,1-2H3. The van der Waals surface area contributed by atoms with E-state index in [1.54, 1.807) is 13.1 Å². The normalized spacial score (nSPS) is 19.9. The number of halogens is 3. The molecule has 6 nitrogen and oxygen atoms in total. The molecule has 9 heteroatoms. The summed E-state index contributed by atoms with van der Waals surface area (Å²) in [4.78, 5) is 26.4. The van der Waals surface area contributed by atoms with Gasteiger partial charge in [-0.1, -0.05) is 6.07 Å². The van der Waals surface area contributed by atoms with Crippen molar-refractivity contribution in [2.75, 3.05) is 20.4 Å². The van der Waals surface area contributed by atoms with Crippen molar-refractivity contribution in [3.05, 3.63) is 23.8 Å². The highest BCUT2D eigenvalue weighted by Crippen LogP contribution is 2.33. The topological polar surface area (TPSA) is 59.1 Å². The van der Waals surface area contributed by atoms with Crippen LogP contribution in [0.25, 0.3) is 0 Å². The molecule has 2 aliphatic heterocycles. The molecule has 148 valence electrons. The summed E-state index contributed by atoms with van der Waals surface area (Å²) in [6.45, 7) is 1.92. The molecule has 2 aliphatic rings. The molecule has 0 bridgehead atoms. The Balaban J connectivity index is 1.66. The lowest BCUT2D eigenvalue weighted by atomic mass is 10.0. The number of fused-ring (bicyclic) bond motifs is 1. The minimum absolute atomic E-state index is 0.0564. The third kappa shape index (κ3) is 3.96. The zero-order valence-electron chi connectivity index (χ0n) is 15.1. The van der Waals surface area contributed by atoms with E-state index in [0.717, 1.165) is 5.56 Å². The van der Waals surface area contributed by atoms with Gasteiger partial charge in [-0.3, -0.25) is 9.59 Å². The molecule has 2 heterocycles. The number of hydrogen-bond donors (Lipinski definition) is 0. The fourth-order valence-corrected chi connectivity index (χ4v) is 3.43. The Hall–Kier alpha value is -2.45. The maximum absolute atomic E-state index is 12.8. The van der Waals surface area contributed by atoms with E-state index in [1.165, 1.54) is 4.90 Å². The smallest absolute Gasteiger partial charge is 0.454 e. The highest BCUT2D eigenvalue weighted by Gasteiger charge is 2.48. The molecular weight excluding hydrogens is 365 g/mol. The predicted octanol–water partition coefficient (Wildman–Crippen LogP) is 2.36. The molecule has 2 unspecified atom stereocenters. The monoisotopic (exact) mass is 386 g/mol. The number of nitrogens with zero attached hydrogens (tertiary/aromatic N) is 2. The van der Waals surface area contributed by atoms with Crippen LogP contribution in [0.3, 0.4) is 0 Å². The third-order valence-corrected chi connectivity index (χ3v) is 5.02. The highest BCUT2D eigenvalue weighted by molar-refractivity contribution is 5.90. The lowest BCUT2D eigenvalue weighted by Gasteiger charge is -2.32. The number of alkyl halides is 3. The van der Waals surface area contributed by atoms with Crippen LogP contribution >= 0.6 is 0 Å². The molecule has 1 aromatic carbocycles. The van der Waals surface area contributed by atoms with E-state index >= 15 is 0 Å². The number of carbonyl (C=O) groups is 2. The summed E-state index contributed by atoms with van der Waals surface area (Å²) in [5.74, 6) is -1.14. The first kappa shape index (κ1) is 19.3. The van der Waals surface area contributed by atoms with Gasteiger partial charge in [-0.25, -0.2) is 0 Å². The molecule has 2 atom stereocenters. The first-order chi connectivity index (χ1) is 12.7. The lowest BCUT2D eigenvalue weighted by Crippen LogP contribution is -2.52. The van der Waals surface area contributed by atoms with Gasteiger partial charge in [0.1, 0.15) is 6.04 Å². The summed E-state index contributed by atoms with van der Waals surface area (Å²) in [6.07, 6.45) is -3.86. The van der Waals surface area contributed by atoms with Crippen LogP contribution in [-0.4, -0.2) is 60.3 Å². The highest BCUT2D eigenvalue weighted by atomic mass is 19.4. The van der Waals surface area contributed by atoms with Crippen molar-refractivity contribution < 1.29 is 32.2 Å². The summed E-state index contributed by atoms with van der Waals surface area (Å²) in [5, 5.41) is 0. The van der Waals surface area contributed by atoms with Crippen LogP contribution in [0.1, 0.15) is 25.3 Å². The van der Waals surface area contributed by atoms with Gasteiger partial charge in [0.15, 0.2) is 11.5 Å². The number of likely N-dealkylation sites (N-methyl/N-ethyl adjacent to an activating group) is 1. The van der Waals surface area contributed by atoms with Crippen molar-refractivity contribution in [2.24, 2.45) is 0 Å². The van der Waals surface area contributed by atoms with Crippen molar-refractivity contribution in [1.29, 1.82) is 0 Å². The van der Waals surface area contributed by atoms with Crippen molar-refractivity contribution >= 4 is 11.8 Å². The van der Waals surface area contributed by atoms with Crippen LogP contribution < -0.4 is 9.47 Å². The van der Waals surface area contributed by atoms with Gasteiger partial charge in [-0.15, -0.1) is 0 Å². The average molecular weight is 386 g/mol. The number of benzene rings is 1. The Morgan fingerprint density at radius 3 is 2.70 bits per heavy atom. The summed E-state index contributed by atoms with van der Waals surface area (Å²) in [6, 6.07) is 4.14. The van der Waals surface area contributed by atoms with Crippen LogP contribution in [0.4, 0.5) is 13.2 Å². The molecule has 1 saturated heterocycles. The first-order valence-electron chi connectivity index (χ1n) is 8.71. The van der Waals surface area contributed by atoms with Crippen molar-refractivity contribution in [3.63, 3.8) is 0 Å². The van der Waals surface area contributed by atoms with E-state index < -0.39 is 24.0 Å². The summed E-state index contributed by atoms with van der Waals surface area (Å²) in [7, 11) is 1.55. The van der Waals surface area contributed by atoms with Gasteiger partial charge >= 0.3 is 12.1 Å². The Morgan fingerprint density at radius 2 is 2.00 bits per heavy atom. The van der Waals surface area contributed by atoms with E-state index in [9.17, 15) is 22.8 Å². The summed E-state index contributed by atoms with van der Waals surface area (Å²) in [5.41, 5.74) is 0.918. The molecule has 1 aromatic rings. The summed E-state index contributed by atoms with van der Waals surface area (Å²) >= 11 is 0. The molecule has 0 saturated carbocycles. The Labute approximate surface area is 154 Å². The molecule has 3 rings (SSSR count). The Morgan fingerprint density at radius 1 is 1.30 bits per heavy atom. The van der Waals surface area contributed by atoms with Crippen molar-refractivity contribution in [3.8, 4) is 11.5 Å². The van der Waals surface area contributed by atoms with E-state index in [1.807, 2.05) is 19.1 Å².